The number of aromatic nitrogens is 2. The summed E-state index contributed by atoms with van der Waals surface area (Å²) in [5.74, 6) is -0.874. The quantitative estimate of drug-likeness (QED) is 0.565. The minimum Gasteiger partial charge on any atom is -0.352 e. The van der Waals surface area contributed by atoms with Gasteiger partial charge in [-0.05, 0) is 56.4 Å². The van der Waals surface area contributed by atoms with Gasteiger partial charge in [-0.15, -0.1) is 0 Å². The Morgan fingerprint density at radius 3 is 2.36 bits per heavy atom. The van der Waals surface area contributed by atoms with Gasteiger partial charge >= 0.3 is 6.18 Å². The molecule has 12 heteroatoms. The summed E-state index contributed by atoms with van der Waals surface area (Å²) in [6.45, 7) is 4.60. The first-order valence-corrected chi connectivity index (χ1v) is 13.8. The number of benzene rings is 1. The molecule has 1 saturated carbocycles. The predicted octanol–water partition coefficient (Wildman–Crippen LogP) is 4.25. The lowest BCUT2D eigenvalue weighted by molar-refractivity contribution is -0.141. The highest BCUT2D eigenvalue weighted by atomic mass is 35.5. The van der Waals surface area contributed by atoms with Crippen molar-refractivity contribution in [2.24, 2.45) is 0 Å². The standard InChI is InChI=1S/C27H32ClF3N6O2/c1-2-20-16-36(24-23(27(29,30)31)34-22(15-32-24)25(38)33-19-7-8-19)13-14-37(20)21-9-11-35(12-10-21)26(39)17-3-5-18(28)6-4-17/h3-6,15,19-21H,2,7-14,16H2,1H3,(H,33,38)/t20-/m0/s1. The van der Waals surface area contributed by atoms with Crippen LogP contribution in [0.4, 0.5) is 19.0 Å². The van der Waals surface area contributed by atoms with Crippen molar-refractivity contribution in [3.8, 4) is 0 Å². The van der Waals surface area contributed by atoms with Crippen molar-refractivity contribution in [1.82, 2.24) is 25.1 Å². The highest BCUT2D eigenvalue weighted by molar-refractivity contribution is 6.30. The highest BCUT2D eigenvalue weighted by Crippen LogP contribution is 2.36. The molecule has 5 rings (SSSR count). The van der Waals surface area contributed by atoms with Gasteiger partial charge in [-0.25, -0.2) is 9.97 Å². The van der Waals surface area contributed by atoms with E-state index < -0.39 is 17.8 Å². The number of rotatable bonds is 6. The summed E-state index contributed by atoms with van der Waals surface area (Å²) in [6.07, 6.45) is 0.413. The van der Waals surface area contributed by atoms with E-state index >= 15 is 0 Å². The molecule has 39 heavy (non-hydrogen) atoms. The van der Waals surface area contributed by atoms with Gasteiger partial charge in [0.1, 0.15) is 5.69 Å². The zero-order valence-electron chi connectivity index (χ0n) is 21.8. The third-order valence-electron chi connectivity index (χ3n) is 7.78. The van der Waals surface area contributed by atoms with Crippen molar-refractivity contribution in [3.05, 3.63) is 52.4 Å². The van der Waals surface area contributed by atoms with Crippen molar-refractivity contribution in [2.75, 3.05) is 37.6 Å². The highest BCUT2D eigenvalue weighted by Gasteiger charge is 2.41. The van der Waals surface area contributed by atoms with E-state index in [1.807, 2.05) is 11.8 Å². The molecule has 0 spiro atoms. The van der Waals surface area contributed by atoms with Crippen molar-refractivity contribution in [1.29, 1.82) is 0 Å². The topological polar surface area (TPSA) is 81.7 Å². The van der Waals surface area contributed by atoms with Gasteiger partial charge in [0.15, 0.2) is 11.5 Å². The maximum atomic E-state index is 14.0. The van der Waals surface area contributed by atoms with Crippen LogP contribution >= 0.6 is 11.6 Å². The number of alkyl halides is 3. The summed E-state index contributed by atoms with van der Waals surface area (Å²) < 4.78 is 42.0. The molecular formula is C27H32ClF3N6O2. The molecule has 0 radical (unpaired) electrons. The Hall–Kier alpha value is -2.92. The zero-order chi connectivity index (χ0) is 27.7. The van der Waals surface area contributed by atoms with Crippen molar-refractivity contribution < 1.29 is 22.8 Å². The Morgan fingerprint density at radius 2 is 1.74 bits per heavy atom. The van der Waals surface area contributed by atoms with Crippen LogP contribution in [0.25, 0.3) is 0 Å². The molecule has 2 aromatic rings. The maximum absolute atomic E-state index is 14.0. The lowest BCUT2D eigenvalue weighted by atomic mass is 9.97. The van der Waals surface area contributed by atoms with Gasteiger partial charge in [0.25, 0.3) is 11.8 Å². The van der Waals surface area contributed by atoms with Crippen LogP contribution in [0.5, 0.6) is 0 Å². The zero-order valence-corrected chi connectivity index (χ0v) is 22.5. The van der Waals surface area contributed by atoms with Crippen LogP contribution in [0.3, 0.4) is 0 Å². The molecule has 0 bridgehead atoms. The lowest BCUT2D eigenvalue weighted by Crippen LogP contribution is -2.59. The number of hydrogen-bond donors (Lipinski definition) is 1. The number of likely N-dealkylation sites (tertiary alicyclic amines) is 1. The summed E-state index contributed by atoms with van der Waals surface area (Å²) in [4.78, 5) is 38.9. The second kappa shape index (κ2) is 11.3. The molecule has 210 valence electrons. The fraction of sp³-hybridized carbons (Fsp3) is 0.556. The summed E-state index contributed by atoms with van der Waals surface area (Å²) in [5.41, 5.74) is -0.831. The van der Waals surface area contributed by atoms with E-state index in [-0.39, 0.29) is 35.5 Å². The van der Waals surface area contributed by atoms with Crippen LogP contribution < -0.4 is 10.2 Å². The first-order chi connectivity index (χ1) is 18.6. The molecule has 1 atom stereocenters. The molecule has 3 aliphatic rings. The molecule has 2 aliphatic heterocycles. The number of anilines is 1. The van der Waals surface area contributed by atoms with E-state index in [1.54, 1.807) is 29.2 Å². The van der Waals surface area contributed by atoms with E-state index in [4.69, 9.17) is 11.6 Å². The number of piperidine rings is 1. The van der Waals surface area contributed by atoms with Crippen LogP contribution in [0, 0.1) is 0 Å². The van der Waals surface area contributed by atoms with E-state index in [0.29, 0.717) is 43.3 Å². The van der Waals surface area contributed by atoms with Crippen LogP contribution in [0.15, 0.2) is 30.5 Å². The number of halogens is 4. The molecule has 3 heterocycles. The average molecular weight is 565 g/mol. The van der Waals surface area contributed by atoms with Gasteiger partial charge in [-0.2, -0.15) is 13.2 Å². The third kappa shape index (κ3) is 6.30. The SMILES string of the molecule is CC[C@H]1CN(c2ncc(C(=O)NC3CC3)nc2C(F)(F)F)CCN1C1CCN(C(=O)c2ccc(Cl)cc2)CC1. The fourth-order valence-electron chi connectivity index (χ4n) is 5.48. The molecule has 1 aromatic carbocycles. The van der Waals surface area contributed by atoms with Gasteiger partial charge in [0, 0.05) is 61.4 Å². The van der Waals surface area contributed by atoms with Crippen molar-refractivity contribution in [2.45, 2.75) is 63.3 Å². The molecule has 1 aromatic heterocycles. The summed E-state index contributed by atoms with van der Waals surface area (Å²) in [6, 6.07) is 7.15. The Balaban J connectivity index is 1.24. The second-order valence-corrected chi connectivity index (χ2v) is 10.9. The van der Waals surface area contributed by atoms with Crippen LogP contribution in [0.1, 0.15) is 65.6 Å². The Kier molecular flexibility index (Phi) is 8.00. The number of amides is 2. The maximum Gasteiger partial charge on any atom is 0.437 e. The molecule has 1 N–H and O–H groups in total. The third-order valence-corrected chi connectivity index (χ3v) is 8.03. The molecule has 2 saturated heterocycles. The van der Waals surface area contributed by atoms with Crippen molar-refractivity contribution in [3.63, 3.8) is 0 Å². The van der Waals surface area contributed by atoms with Crippen LogP contribution in [-0.4, -0.2) is 82.4 Å². The molecule has 2 amide bonds. The minimum atomic E-state index is -4.74. The number of carbonyl (C=O) groups excluding carboxylic acids is 2. The average Bonchev–Trinajstić information content (AvgIpc) is 3.76. The molecular weight excluding hydrogens is 533 g/mol. The second-order valence-electron chi connectivity index (χ2n) is 10.4. The summed E-state index contributed by atoms with van der Waals surface area (Å²) in [5, 5.41) is 3.25. The lowest BCUT2D eigenvalue weighted by Gasteiger charge is -2.47. The molecule has 8 nitrogen and oxygen atoms in total. The number of nitrogens with zero attached hydrogens (tertiary/aromatic N) is 5. The Labute approximate surface area is 230 Å². The number of carbonyl (C=O) groups is 2. The number of piperazine rings is 1. The fourth-order valence-corrected chi connectivity index (χ4v) is 5.61. The largest absolute Gasteiger partial charge is 0.437 e. The molecule has 3 fully saturated rings. The molecule has 1 aliphatic carbocycles. The summed E-state index contributed by atoms with van der Waals surface area (Å²) >= 11 is 5.94. The van der Waals surface area contributed by atoms with Gasteiger partial charge in [-0.3, -0.25) is 14.5 Å². The first-order valence-electron chi connectivity index (χ1n) is 13.4. The number of nitrogens with one attached hydrogen (secondary N) is 1. The monoisotopic (exact) mass is 564 g/mol. The van der Waals surface area contributed by atoms with E-state index in [9.17, 15) is 22.8 Å². The van der Waals surface area contributed by atoms with E-state index in [0.717, 1.165) is 38.3 Å². The van der Waals surface area contributed by atoms with E-state index in [1.165, 1.54) is 0 Å². The predicted molar refractivity (Wildman–Crippen MR) is 141 cm³/mol. The van der Waals surface area contributed by atoms with Gasteiger partial charge in [-0.1, -0.05) is 18.5 Å². The van der Waals surface area contributed by atoms with Gasteiger partial charge in [0.2, 0.25) is 0 Å². The van der Waals surface area contributed by atoms with Crippen LogP contribution in [-0.2, 0) is 6.18 Å². The van der Waals surface area contributed by atoms with Gasteiger partial charge < -0.3 is 15.1 Å². The minimum absolute atomic E-state index is 0.00845. The number of hydrogen-bond acceptors (Lipinski definition) is 6. The summed E-state index contributed by atoms with van der Waals surface area (Å²) in [7, 11) is 0. The van der Waals surface area contributed by atoms with Crippen molar-refractivity contribution >= 4 is 29.2 Å². The smallest absolute Gasteiger partial charge is 0.352 e. The molecule has 0 unspecified atom stereocenters. The van der Waals surface area contributed by atoms with E-state index in [2.05, 4.69) is 20.2 Å². The van der Waals surface area contributed by atoms with Gasteiger partial charge in [0.05, 0.1) is 6.20 Å². The first kappa shape index (κ1) is 27.6. The normalized spacial score (nSPS) is 21.2. The Morgan fingerprint density at radius 1 is 1.05 bits per heavy atom. The van der Waals surface area contributed by atoms with Crippen LogP contribution in [0.2, 0.25) is 5.02 Å². The Bertz CT molecular complexity index is 1200.